The van der Waals surface area contributed by atoms with Crippen molar-refractivity contribution in [1.29, 1.82) is 0 Å². The number of hydrogen-bond donors (Lipinski definition) is 0. The number of aromatic nitrogens is 2. The van der Waals surface area contributed by atoms with Crippen LogP contribution >= 0.6 is 11.6 Å². The molecule has 0 saturated heterocycles. The van der Waals surface area contributed by atoms with E-state index in [0.29, 0.717) is 11.8 Å². The second-order valence-electron chi connectivity index (χ2n) is 2.85. The molecule has 1 heterocycles. The molecule has 0 saturated carbocycles. The molecule has 0 amide bonds. The van der Waals surface area contributed by atoms with Crippen LogP contribution in [0.4, 0.5) is 0 Å². The first-order valence-corrected chi connectivity index (χ1v) is 4.07. The highest BCUT2D eigenvalue weighted by molar-refractivity contribution is 6.16. The van der Waals surface area contributed by atoms with Crippen LogP contribution in [-0.4, -0.2) is 17.3 Å². The van der Waals surface area contributed by atoms with Crippen LogP contribution in [0.25, 0.3) is 0 Å². The topological polar surface area (TPSA) is 48.2 Å². The summed E-state index contributed by atoms with van der Waals surface area (Å²) in [5.41, 5.74) is -0.544. The van der Waals surface area contributed by atoms with Gasteiger partial charge in [0.25, 0.3) is 0 Å². The third kappa shape index (κ3) is 1.76. The molecule has 0 aliphatic heterocycles. The normalized spacial score (nSPS) is 12.0. The van der Waals surface area contributed by atoms with E-state index >= 15 is 0 Å². The van der Waals surface area contributed by atoms with Crippen molar-refractivity contribution in [1.82, 2.24) is 10.2 Å². The average molecular weight is 191 g/mol. The Kier molecular flexibility index (Phi) is 2.69. The quantitative estimate of drug-likeness (QED) is 0.681. The molecule has 5 heteroatoms. The molecule has 0 aliphatic rings. The fraction of sp³-hybridized carbons (Fsp3) is 0.714. The van der Waals surface area contributed by atoms with Crippen LogP contribution in [0.2, 0.25) is 0 Å². The lowest BCUT2D eigenvalue weighted by Crippen LogP contribution is -2.19. The Hall–Kier alpha value is -0.610. The molecule has 0 radical (unpaired) electrons. The smallest absolute Gasteiger partial charge is 0.247 e. The van der Waals surface area contributed by atoms with E-state index in [4.69, 9.17) is 20.8 Å². The summed E-state index contributed by atoms with van der Waals surface area (Å²) in [6, 6.07) is 0. The van der Waals surface area contributed by atoms with E-state index in [0.717, 1.165) is 0 Å². The first-order chi connectivity index (χ1) is 5.60. The molecule has 0 fully saturated rings. The summed E-state index contributed by atoms with van der Waals surface area (Å²) in [5.74, 6) is 1.09. The number of alkyl halides is 1. The Balaban J connectivity index is 2.88. The van der Waals surface area contributed by atoms with E-state index in [1.165, 1.54) is 0 Å². The molecular weight excluding hydrogens is 180 g/mol. The molecule has 0 atom stereocenters. The Morgan fingerprint density at radius 1 is 1.50 bits per heavy atom. The Morgan fingerprint density at radius 3 is 2.58 bits per heavy atom. The van der Waals surface area contributed by atoms with Gasteiger partial charge in [0.2, 0.25) is 11.8 Å². The summed E-state index contributed by atoms with van der Waals surface area (Å²) >= 11 is 5.50. The van der Waals surface area contributed by atoms with E-state index in [1.54, 1.807) is 7.11 Å². The lowest BCUT2D eigenvalue weighted by atomic mass is 10.1. The van der Waals surface area contributed by atoms with E-state index < -0.39 is 5.60 Å². The number of rotatable bonds is 3. The number of halogens is 1. The summed E-state index contributed by atoms with van der Waals surface area (Å²) in [5, 5.41) is 7.52. The van der Waals surface area contributed by atoms with Crippen LogP contribution in [0.5, 0.6) is 0 Å². The molecule has 0 N–H and O–H groups in total. The Labute approximate surface area is 75.9 Å². The van der Waals surface area contributed by atoms with Crippen LogP contribution < -0.4 is 0 Å². The minimum atomic E-state index is -0.544. The van der Waals surface area contributed by atoms with Gasteiger partial charge in [-0.25, -0.2) is 0 Å². The number of ether oxygens (including phenoxy) is 1. The summed E-state index contributed by atoms with van der Waals surface area (Å²) in [6.45, 7) is 3.69. The zero-order chi connectivity index (χ0) is 9.19. The van der Waals surface area contributed by atoms with Gasteiger partial charge >= 0.3 is 0 Å². The molecule has 0 spiro atoms. The molecule has 1 aromatic rings. The number of methoxy groups -OCH3 is 1. The Morgan fingerprint density at radius 2 is 2.17 bits per heavy atom. The van der Waals surface area contributed by atoms with Gasteiger partial charge in [-0.3, -0.25) is 0 Å². The van der Waals surface area contributed by atoms with Crippen molar-refractivity contribution in [3.8, 4) is 0 Å². The maximum Gasteiger partial charge on any atom is 0.247 e. The lowest BCUT2D eigenvalue weighted by Gasteiger charge is -2.16. The van der Waals surface area contributed by atoms with Gasteiger partial charge in [-0.05, 0) is 13.8 Å². The molecule has 1 aromatic heterocycles. The van der Waals surface area contributed by atoms with Crippen molar-refractivity contribution < 1.29 is 9.15 Å². The van der Waals surface area contributed by atoms with Gasteiger partial charge in [0.1, 0.15) is 11.5 Å². The van der Waals surface area contributed by atoms with Crippen LogP contribution in [0.1, 0.15) is 25.6 Å². The highest BCUT2D eigenvalue weighted by Gasteiger charge is 2.26. The first-order valence-electron chi connectivity index (χ1n) is 3.54. The number of hydrogen-bond acceptors (Lipinski definition) is 4. The second-order valence-corrected chi connectivity index (χ2v) is 3.12. The molecule has 0 bridgehead atoms. The molecule has 0 aliphatic carbocycles. The largest absolute Gasteiger partial charge is 0.421 e. The third-order valence-electron chi connectivity index (χ3n) is 1.61. The van der Waals surface area contributed by atoms with E-state index in [9.17, 15) is 0 Å². The van der Waals surface area contributed by atoms with Crippen molar-refractivity contribution in [2.24, 2.45) is 0 Å². The monoisotopic (exact) mass is 190 g/mol. The molecule has 0 aromatic carbocycles. The average Bonchev–Trinajstić information content (AvgIpc) is 2.52. The molecule has 1 rings (SSSR count). The highest BCUT2D eigenvalue weighted by atomic mass is 35.5. The van der Waals surface area contributed by atoms with Gasteiger partial charge in [0, 0.05) is 7.11 Å². The fourth-order valence-electron chi connectivity index (χ4n) is 0.638. The number of nitrogens with zero attached hydrogens (tertiary/aromatic N) is 2. The molecule has 4 nitrogen and oxygen atoms in total. The molecule has 68 valence electrons. The SMILES string of the molecule is COC(C)(C)c1nnc(CCl)o1. The predicted molar refractivity (Wildman–Crippen MR) is 43.9 cm³/mol. The molecule has 12 heavy (non-hydrogen) atoms. The van der Waals surface area contributed by atoms with E-state index in [1.807, 2.05) is 13.8 Å². The van der Waals surface area contributed by atoms with Crippen molar-refractivity contribution in [2.45, 2.75) is 25.3 Å². The van der Waals surface area contributed by atoms with E-state index in [2.05, 4.69) is 10.2 Å². The molecule has 0 unspecified atom stereocenters. The zero-order valence-corrected chi connectivity index (χ0v) is 8.05. The summed E-state index contributed by atoms with van der Waals surface area (Å²) in [7, 11) is 1.59. The minimum absolute atomic E-state index is 0.229. The highest BCUT2D eigenvalue weighted by Crippen LogP contribution is 2.22. The van der Waals surface area contributed by atoms with Crippen LogP contribution in [0.15, 0.2) is 4.42 Å². The van der Waals surface area contributed by atoms with Gasteiger partial charge < -0.3 is 9.15 Å². The summed E-state index contributed by atoms with van der Waals surface area (Å²) in [6.07, 6.45) is 0. The van der Waals surface area contributed by atoms with Gasteiger partial charge in [0.15, 0.2) is 0 Å². The maximum atomic E-state index is 5.50. The van der Waals surface area contributed by atoms with Crippen LogP contribution in [0.3, 0.4) is 0 Å². The minimum Gasteiger partial charge on any atom is -0.421 e. The van der Waals surface area contributed by atoms with Crippen molar-refractivity contribution in [3.63, 3.8) is 0 Å². The molecular formula is C7H11ClN2O2. The van der Waals surface area contributed by atoms with Crippen molar-refractivity contribution >= 4 is 11.6 Å². The lowest BCUT2D eigenvalue weighted by molar-refractivity contribution is -0.00437. The van der Waals surface area contributed by atoms with Crippen molar-refractivity contribution in [3.05, 3.63) is 11.8 Å². The van der Waals surface area contributed by atoms with Crippen LogP contribution in [-0.2, 0) is 16.2 Å². The van der Waals surface area contributed by atoms with E-state index in [-0.39, 0.29) is 5.88 Å². The van der Waals surface area contributed by atoms with Crippen LogP contribution in [0, 0.1) is 0 Å². The standard InChI is InChI=1S/C7H11ClN2O2/c1-7(2,11-3)6-10-9-5(4-8)12-6/h4H2,1-3H3. The van der Waals surface area contributed by atoms with Gasteiger partial charge in [0.05, 0.1) is 0 Å². The maximum absolute atomic E-state index is 5.50. The summed E-state index contributed by atoms with van der Waals surface area (Å²) < 4.78 is 10.4. The van der Waals surface area contributed by atoms with Gasteiger partial charge in [-0.15, -0.1) is 21.8 Å². The zero-order valence-electron chi connectivity index (χ0n) is 7.30. The predicted octanol–water partition coefficient (Wildman–Crippen LogP) is 1.69. The second kappa shape index (κ2) is 3.41. The fourth-order valence-corrected chi connectivity index (χ4v) is 0.746. The summed E-state index contributed by atoms with van der Waals surface area (Å²) in [4.78, 5) is 0. The first kappa shape index (κ1) is 9.48. The van der Waals surface area contributed by atoms with Gasteiger partial charge in [-0.2, -0.15) is 0 Å². The van der Waals surface area contributed by atoms with Crippen molar-refractivity contribution in [2.75, 3.05) is 7.11 Å². The third-order valence-corrected chi connectivity index (χ3v) is 1.84. The van der Waals surface area contributed by atoms with Gasteiger partial charge in [-0.1, -0.05) is 0 Å². The Bertz CT molecular complexity index is 260.